The lowest BCUT2D eigenvalue weighted by Gasteiger charge is -2.50. The number of nitrogens with zero attached hydrogens (tertiary/aromatic N) is 3. The first-order chi connectivity index (χ1) is 18.9. The van der Waals surface area contributed by atoms with Crippen molar-refractivity contribution in [3.05, 3.63) is 35.4 Å². The summed E-state index contributed by atoms with van der Waals surface area (Å²) in [5.41, 5.74) is -1.94. The van der Waals surface area contributed by atoms with Crippen molar-refractivity contribution in [2.75, 3.05) is 0 Å². The molecule has 0 unspecified atom stereocenters. The highest BCUT2D eigenvalue weighted by Crippen LogP contribution is 2.40. The topological polar surface area (TPSA) is 115 Å². The Morgan fingerprint density at radius 3 is 1.60 bits per heavy atom. The quantitative estimate of drug-likeness (QED) is 0.154. The van der Waals surface area contributed by atoms with Crippen LogP contribution in [-0.2, 0) is 25.4 Å². The van der Waals surface area contributed by atoms with Gasteiger partial charge in [-0.1, -0.05) is 24.3 Å². The van der Waals surface area contributed by atoms with E-state index in [0.29, 0.717) is 25.7 Å². The standard InChI is InChI=1S/C32H52N4O6/c1-27(2)17-24(18-28(3,4)35(27)39)41-26(38)33-31(9,10)22-13-15-23(16-14-22)32(11,12)34(21-37)42-25-19-29(5,6)36(40)30(7,8)20-25/h13-16,24-25,39-40H,17-20H2,1-12H3/p+1. The molecule has 3 rings (SSSR count). The number of carbonyl (C=O) groups excluding carboxylic acids is 2. The molecule has 0 saturated carbocycles. The molecule has 2 aliphatic rings. The normalized spacial score (nSPS) is 23.1. The van der Waals surface area contributed by atoms with Gasteiger partial charge in [-0.05, 0) is 74.8 Å². The van der Waals surface area contributed by atoms with E-state index in [1.807, 2.05) is 113 Å². The van der Waals surface area contributed by atoms with Gasteiger partial charge >= 0.3 is 12.2 Å². The summed E-state index contributed by atoms with van der Waals surface area (Å²) < 4.78 is 7.07. The number of hydrogen-bond donors (Lipinski definition) is 3. The Kier molecular flexibility index (Phi) is 9.08. The second kappa shape index (κ2) is 11.2. The molecule has 236 valence electrons. The SMILES string of the molecule is CC(C)(NC(=O)OC1CC(C)(C)N(O)C(C)(C)C1)c1ccc(C(C)(C)[N+](=C=O)OC2CC(C)(C)N(O)C(C)(C)C2)cc1. The lowest BCUT2D eigenvalue weighted by atomic mass is 9.80. The monoisotopic (exact) mass is 589 g/mol. The van der Waals surface area contributed by atoms with Crippen molar-refractivity contribution in [1.82, 2.24) is 15.4 Å². The van der Waals surface area contributed by atoms with Crippen LogP contribution in [0.5, 0.6) is 0 Å². The third-order valence-electron chi connectivity index (χ3n) is 9.05. The number of rotatable bonds is 7. The summed E-state index contributed by atoms with van der Waals surface area (Å²) in [6.45, 7) is 23.1. The molecule has 2 fully saturated rings. The molecule has 0 aliphatic carbocycles. The minimum Gasteiger partial charge on any atom is -0.446 e. The summed E-state index contributed by atoms with van der Waals surface area (Å²) in [5, 5.41) is 26.9. The van der Waals surface area contributed by atoms with Crippen LogP contribution in [0.2, 0.25) is 0 Å². The lowest BCUT2D eigenvalue weighted by Crippen LogP contribution is -2.61. The molecular weight excluding hydrogens is 536 g/mol. The molecule has 2 aliphatic heterocycles. The molecule has 10 nitrogen and oxygen atoms in total. The summed E-state index contributed by atoms with van der Waals surface area (Å²) in [6.07, 6.45) is 2.97. The first kappa shape index (κ1) is 34.0. The highest BCUT2D eigenvalue weighted by molar-refractivity contribution is 5.69. The fourth-order valence-corrected chi connectivity index (χ4v) is 6.85. The zero-order valence-corrected chi connectivity index (χ0v) is 27.7. The second-order valence-corrected chi connectivity index (χ2v) is 15.7. The fourth-order valence-electron chi connectivity index (χ4n) is 6.85. The summed E-state index contributed by atoms with van der Waals surface area (Å²) in [6, 6.07) is 7.69. The molecule has 0 aromatic heterocycles. The van der Waals surface area contributed by atoms with Crippen molar-refractivity contribution in [2.45, 2.75) is 154 Å². The van der Waals surface area contributed by atoms with Gasteiger partial charge in [0.15, 0.2) is 6.10 Å². The molecule has 42 heavy (non-hydrogen) atoms. The number of alkyl carbamates (subject to hydrolysis) is 1. The van der Waals surface area contributed by atoms with Gasteiger partial charge in [0.25, 0.3) is 0 Å². The average molecular weight is 590 g/mol. The molecule has 1 amide bonds. The van der Waals surface area contributed by atoms with Crippen LogP contribution in [0.4, 0.5) is 4.79 Å². The maximum atomic E-state index is 13.0. The fraction of sp³-hybridized carbons (Fsp3) is 0.750. The van der Waals surface area contributed by atoms with E-state index in [-0.39, 0.29) is 12.2 Å². The van der Waals surface area contributed by atoms with Crippen molar-refractivity contribution in [3.8, 4) is 0 Å². The van der Waals surface area contributed by atoms with Crippen molar-refractivity contribution in [1.29, 1.82) is 0 Å². The third kappa shape index (κ3) is 7.00. The molecule has 1 aromatic rings. The maximum absolute atomic E-state index is 13.0. The molecule has 0 bridgehead atoms. The van der Waals surface area contributed by atoms with E-state index < -0.39 is 39.3 Å². The van der Waals surface area contributed by atoms with Crippen molar-refractivity contribution in [3.63, 3.8) is 0 Å². The predicted octanol–water partition coefficient (Wildman–Crippen LogP) is 5.98. The molecule has 0 radical (unpaired) electrons. The van der Waals surface area contributed by atoms with Gasteiger partial charge in [-0.25, -0.2) is 4.79 Å². The van der Waals surface area contributed by atoms with Crippen LogP contribution in [-0.4, -0.2) is 71.8 Å². The van der Waals surface area contributed by atoms with Crippen molar-refractivity contribution in [2.24, 2.45) is 0 Å². The van der Waals surface area contributed by atoms with Crippen LogP contribution in [0, 0.1) is 0 Å². The Morgan fingerprint density at radius 1 is 0.810 bits per heavy atom. The number of benzene rings is 1. The van der Waals surface area contributed by atoms with Gasteiger partial charge in [0.2, 0.25) is 5.54 Å². The molecule has 1 aromatic carbocycles. The highest BCUT2D eigenvalue weighted by Gasteiger charge is 2.50. The Labute approximate surface area is 251 Å². The summed E-state index contributed by atoms with van der Waals surface area (Å²) in [4.78, 5) is 31.3. The molecule has 2 heterocycles. The van der Waals surface area contributed by atoms with Crippen LogP contribution in [0.25, 0.3) is 0 Å². The number of piperidine rings is 2. The maximum Gasteiger partial charge on any atom is 0.478 e. The number of hydrogen-bond acceptors (Lipinski definition) is 8. The zero-order valence-electron chi connectivity index (χ0n) is 27.7. The average Bonchev–Trinajstić information content (AvgIpc) is 2.83. The number of isocyanates is 1. The highest BCUT2D eigenvalue weighted by atomic mass is 16.7. The van der Waals surface area contributed by atoms with Crippen LogP contribution >= 0.6 is 0 Å². The van der Waals surface area contributed by atoms with Gasteiger partial charge in [0.1, 0.15) is 6.10 Å². The molecule has 3 N–H and O–H groups in total. The van der Waals surface area contributed by atoms with Crippen LogP contribution in [0.3, 0.4) is 0 Å². The van der Waals surface area contributed by atoms with Gasteiger partial charge in [0, 0.05) is 67.2 Å². The molecule has 10 heteroatoms. The number of carbonyl (C=O) groups is 1. The van der Waals surface area contributed by atoms with Crippen molar-refractivity contribution < 1.29 is 34.3 Å². The van der Waals surface area contributed by atoms with Crippen molar-refractivity contribution >= 4 is 12.2 Å². The van der Waals surface area contributed by atoms with Gasteiger partial charge in [0.05, 0.1) is 10.3 Å². The second-order valence-electron chi connectivity index (χ2n) is 15.7. The third-order valence-corrected chi connectivity index (χ3v) is 9.05. The van der Waals surface area contributed by atoms with E-state index in [1.165, 1.54) is 14.9 Å². The van der Waals surface area contributed by atoms with E-state index in [0.717, 1.165) is 11.1 Å². The number of nitrogens with one attached hydrogen (secondary N) is 1. The Bertz CT molecular complexity index is 1160. The van der Waals surface area contributed by atoms with Gasteiger partial charge < -0.3 is 20.5 Å². The molecular formula is C32H53N4O6+. The van der Waals surface area contributed by atoms with E-state index in [2.05, 4.69) is 5.32 Å². The number of amides is 1. The Morgan fingerprint density at radius 2 is 1.19 bits per heavy atom. The Balaban J connectivity index is 1.70. The number of ether oxygens (including phenoxy) is 1. The minimum absolute atomic E-state index is 0.284. The predicted molar refractivity (Wildman–Crippen MR) is 159 cm³/mol. The zero-order chi connectivity index (χ0) is 32.1. The van der Waals surface area contributed by atoms with Crippen LogP contribution < -0.4 is 5.32 Å². The van der Waals surface area contributed by atoms with Gasteiger partial charge in [-0.2, -0.15) is 14.9 Å². The van der Waals surface area contributed by atoms with E-state index in [9.17, 15) is 20.0 Å². The van der Waals surface area contributed by atoms with Gasteiger partial charge in [-0.3, -0.25) is 4.84 Å². The summed E-state index contributed by atoms with van der Waals surface area (Å²) in [7, 11) is 0. The number of hydroxylamine groups is 5. The van der Waals surface area contributed by atoms with Gasteiger partial charge in [-0.15, -0.1) is 0 Å². The summed E-state index contributed by atoms with van der Waals surface area (Å²) >= 11 is 0. The first-order valence-corrected chi connectivity index (χ1v) is 14.9. The Hall–Kier alpha value is -2.49. The molecule has 0 spiro atoms. The lowest BCUT2D eigenvalue weighted by molar-refractivity contribution is -0.847. The summed E-state index contributed by atoms with van der Waals surface area (Å²) in [5.74, 6) is 0. The molecule has 0 atom stereocenters. The van der Waals surface area contributed by atoms with E-state index in [4.69, 9.17) is 9.57 Å². The molecule has 2 saturated heterocycles. The minimum atomic E-state index is -0.831. The largest absolute Gasteiger partial charge is 0.478 e. The van der Waals surface area contributed by atoms with E-state index in [1.54, 1.807) is 0 Å². The smallest absolute Gasteiger partial charge is 0.446 e. The van der Waals surface area contributed by atoms with Crippen LogP contribution in [0.1, 0.15) is 120 Å². The first-order valence-electron chi connectivity index (χ1n) is 14.9. The van der Waals surface area contributed by atoms with E-state index >= 15 is 0 Å². The van der Waals surface area contributed by atoms with Crippen LogP contribution in [0.15, 0.2) is 24.3 Å².